The zero-order chi connectivity index (χ0) is 18.8. The molecule has 0 atom stereocenters. The smallest absolute Gasteiger partial charge is 0.418 e. The number of nitrogens with two attached hydrogens (primary N) is 1. The van der Waals surface area contributed by atoms with Crippen LogP contribution in [0, 0.1) is 0 Å². The van der Waals surface area contributed by atoms with Crippen molar-refractivity contribution in [3.63, 3.8) is 0 Å². The SMILES string of the molecule is CC(C)(C)OC(=O)NC1CCN(c2ccc(N)cc2C(F)(F)F)CC1. The van der Waals surface area contributed by atoms with Crippen LogP contribution in [0.2, 0.25) is 0 Å². The molecule has 0 spiro atoms. The lowest BCUT2D eigenvalue weighted by atomic mass is 10.0. The van der Waals surface area contributed by atoms with E-state index in [1.807, 2.05) is 0 Å². The number of anilines is 2. The van der Waals surface area contributed by atoms with Gasteiger partial charge in [0.2, 0.25) is 0 Å². The first-order chi connectivity index (χ1) is 11.5. The van der Waals surface area contributed by atoms with E-state index in [0.29, 0.717) is 25.9 Å². The summed E-state index contributed by atoms with van der Waals surface area (Å²) in [4.78, 5) is 13.5. The van der Waals surface area contributed by atoms with E-state index in [1.165, 1.54) is 12.1 Å². The number of benzene rings is 1. The molecule has 1 saturated heterocycles. The number of carbonyl (C=O) groups is 1. The van der Waals surface area contributed by atoms with Crippen LogP contribution in [0.4, 0.5) is 29.3 Å². The standard InChI is InChI=1S/C17H24F3N3O2/c1-16(2,3)25-15(24)22-12-6-8-23(9-7-12)14-5-4-11(21)10-13(14)17(18,19)20/h4-5,10,12H,6-9,21H2,1-3H3,(H,22,24). The van der Waals surface area contributed by atoms with Crippen molar-refractivity contribution in [1.29, 1.82) is 0 Å². The molecule has 1 aliphatic rings. The van der Waals surface area contributed by atoms with Crippen LogP contribution in [0.5, 0.6) is 0 Å². The Kier molecular flexibility index (Phi) is 5.39. The van der Waals surface area contributed by atoms with E-state index < -0.39 is 23.4 Å². The highest BCUT2D eigenvalue weighted by Gasteiger charge is 2.36. The molecule has 0 aliphatic carbocycles. The van der Waals surface area contributed by atoms with Gasteiger partial charge in [0.05, 0.1) is 5.56 Å². The molecule has 3 N–H and O–H groups in total. The molecule has 25 heavy (non-hydrogen) atoms. The molecule has 2 rings (SSSR count). The Bertz CT molecular complexity index is 619. The van der Waals surface area contributed by atoms with Crippen LogP contribution in [0.3, 0.4) is 0 Å². The Morgan fingerprint density at radius 1 is 1.24 bits per heavy atom. The Balaban J connectivity index is 2.00. The van der Waals surface area contributed by atoms with Gasteiger partial charge in [-0.1, -0.05) is 0 Å². The summed E-state index contributed by atoms with van der Waals surface area (Å²) in [6.45, 7) is 6.14. The third-order valence-corrected chi connectivity index (χ3v) is 3.88. The van der Waals surface area contributed by atoms with Gasteiger partial charge in [0.15, 0.2) is 0 Å². The molecule has 1 amide bonds. The molecule has 140 valence electrons. The number of hydrogen-bond acceptors (Lipinski definition) is 4. The van der Waals surface area contributed by atoms with Crippen molar-refractivity contribution >= 4 is 17.5 Å². The van der Waals surface area contributed by atoms with Gasteiger partial charge in [-0.25, -0.2) is 4.79 Å². The van der Waals surface area contributed by atoms with Gasteiger partial charge in [0.1, 0.15) is 5.60 Å². The van der Waals surface area contributed by atoms with E-state index in [0.717, 1.165) is 6.07 Å². The number of piperidine rings is 1. The van der Waals surface area contributed by atoms with Gasteiger partial charge in [-0.15, -0.1) is 0 Å². The summed E-state index contributed by atoms with van der Waals surface area (Å²) in [5.41, 5.74) is 4.39. The number of halogens is 3. The molecule has 0 radical (unpaired) electrons. The van der Waals surface area contributed by atoms with E-state index in [-0.39, 0.29) is 17.4 Å². The third kappa shape index (κ3) is 5.44. The second kappa shape index (κ2) is 7.01. The average molecular weight is 359 g/mol. The lowest BCUT2D eigenvalue weighted by molar-refractivity contribution is -0.137. The molecule has 0 bridgehead atoms. The van der Waals surface area contributed by atoms with Crippen LogP contribution in [0.25, 0.3) is 0 Å². The number of nitrogen functional groups attached to an aromatic ring is 1. The van der Waals surface area contributed by atoms with Crippen molar-refractivity contribution in [3.8, 4) is 0 Å². The summed E-state index contributed by atoms with van der Waals surface area (Å²) in [6.07, 6.45) is -3.88. The minimum absolute atomic E-state index is 0.0811. The predicted molar refractivity (Wildman–Crippen MR) is 90.5 cm³/mol. The number of alkyl carbamates (subject to hydrolysis) is 1. The zero-order valence-electron chi connectivity index (χ0n) is 14.6. The van der Waals surface area contributed by atoms with Crippen LogP contribution in [0.15, 0.2) is 18.2 Å². The molecule has 0 saturated carbocycles. The second-order valence-electron chi connectivity index (χ2n) is 7.18. The van der Waals surface area contributed by atoms with Crippen LogP contribution >= 0.6 is 0 Å². The number of ether oxygens (including phenoxy) is 1. The molecule has 5 nitrogen and oxygen atoms in total. The molecule has 1 aromatic carbocycles. The van der Waals surface area contributed by atoms with Gasteiger partial charge in [-0.05, 0) is 51.8 Å². The van der Waals surface area contributed by atoms with E-state index in [2.05, 4.69) is 5.32 Å². The first kappa shape index (κ1) is 19.2. The van der Waals surface area contributed by atoms with Gasteiger partial charge < -0.3 is 20.7 Å². The maximum Gasteiger partial charge on any atom is 0.418 e. The number of nitrogens with zero attached hydrogens (tertiary/aromatic N) is 1. The largest absolute Gasteiger partial charge is 0.444 e. The number of nitrogens with one attached hydrogen (secondary N) is 1. The lowest BCUT2D eigenvalue weighted by Crippen LogP contribution is -2.46. The normalized spacial score (nSPS) is 16.6. The maximum absolute atomic E-state index is 13.2. The van der Waals surface area contributed by atoms with E-state index in [9.17, 15) is 18.0 Å². The Morgan fingerprint density at radius 3 is 2.36 bits per heavy atom. The number of amides is 1. The van der Waals surface area contributed by atoms with Crippen LogP contribution < -0.4 is 16.0 Å². The molecule has 1 fully saturated rings. The number of alkyl halides is 3. The minimum atomic E-state index is -4.46. The molecule has 8 heteroatoms. The average Bonchev–Trinajstić information content (AvgIpc) is 2.45. The predicted octanol–water partition coefficient (Wildman–Crippen LogP) is 3.78. The monoisotopic (exact) mass is 359 g/mol. The summed E-state index contributed by atoms with van der Waals surface area (Å²) < 4.78 is 44.9. The third-order valence-electron chi connectivity index (χ3n) is 3.88. The van der Waals surface area contributed by atoms with Crippen molar-refractivity contribution in [2.45, 2.75) is 51.4 Å². The number of rotatable bonds is 2. The zero-order valence-corrected chi connectivity index (χ0v) is 14.6. The van der Waals surface area contributed by atoms with Gasteiger partial charge in [0, 0.05) is 30.5 Å². The first-order valence-electron chi connectivity index (χ1n) is 8.17. The van der Waals surface area contributed by atoms with Crippen molar-refractivity contribution in [1.82, 2.24) is 5.32 Å². The van der Waals surface area contributed by atoms with E-state index in [1.54, 1.807) is 25.7 Å². The highest BCUT2D eigenvalue weighted by atomic mass is 19.4. The van der Waals surface area contributed by atoms with Gasteiger partial charge in [0.25, 0.3) is 0 Å². The fraction of sp³-hybridized carbons (Fsp3) is 0.588. The van der Waals surface area contributed by atoms with Crippen LogP contribution in [-0.4, -0.2) is 30.8 Å². The summed E-state index contributed by atoms with van der Waals surface area (Å²) in [5.74, 6) is 0. The van der Waals surface area contributed by atoms with Crippen molar-refractivity contribution in [2.75, 3.05) is 23.7 Å². The molecule has 1 aromatic rings. The molecule has 0 unspecified atom stereocenters. The van der Waals surface area contributed by atoms with E-state index in [4.69, 9.17) is 10.5 Å². The fourth-order valence-electron chi connectivity index (χ4n) is 2.80. The molecule has 0 aromatic heterocycles. The number of hydrogen-bond donors (Lipinski definition) is 2. The van der Waals surface area contributed by atoms with E-state index >= 15 is 0 Å². The summed E-state index contributed by atoms with van der Waals surface area (Å²) in [7, 11) is 0. The van der Waals surface area contributed by atoms with Crippen molar-refractivity contribution in [2.24, 2.45) is 0 Å². The topological polar surface area (TPSA) is 67.6 Å². The first-order valence-corrected chi connectivity index (χ1v) is 8.17. The van der Waals surface area contributed by atoms with Crippen molar-refractivity contribution in [3.05, 3.63) is 23.8 Å². The van der Waals surface area contributed by atoms with Crippen LogP contribution in [-0.2, 0) is 10.9 Å². The van der Waals surface area contributed by atoms with Gasteiger partial charge in [-0.2, -0.15) is 13.2 Å². The highest BCUT2D eigenvalue weighted by Crippen LogP contribution is 2.38. The summed E-state index contributed by atoms with van der Waals surface area (Å²) in [5, 5.41) is 2.77. The quantitative estimate of drug-likeness (QED) is 0.789. The highest BCUT2D eigenvalue weighted by molar-refractivity contribution is 5.68. The molecular weight excluding hydrogens is 335 g/mol. The summed E-state index contributed by atoms with van der Waals surface area (Å²) >= 11 is 0. The molecule has 1 heterocycles. The molecule has 1 aliphatic heterocycles. The Hall–Kier alpha value is -2.12. The van der Waals surface area contributed by atoms with Crippen LogP contribution in [0.1, 0.15) is 39.2 Å². The minimum Gasteiger partial charge on any atom is -0.444 e. The van der Waals surface area contributed by atoms with Gasteiger partial charge >= 0.3 is 12.3 Å². The number of carbonyl (C=O) groups excluding carboxylic acids is 1. The molecular formula is C17H24F3N3O2. The summed E-state index contributed by atoms with van der Waals surface area (Å²) in [6, 6.07) is 3.71. The second-order valence-corrected chi connectivity index (χ2v) is 7.18. The van der Waals surface area contributed by atoms with Gasteiger partial charge in [-0.3, -0.25) is 0 Å². The Labute approximate surface area is 145 Å². The van der Waals surface area contributed by atoms with Crippen molar-refractivity contribution < 1.29 is 22.7 Å². The Morgan fingerprint density at radius 2 is 1.84 bits per heavy atom. The fourth-order valence-corrected chi connectivity index (χ4v) is 2.80. The lowest BCUT2D eigenvalue weighted by Gasteiger charge is -2.35. The maximum atomic E-state index is 13.2.